The highest BCUT2D eigenvalue weighted by molar-refractivity contribution is 6.28. The van der Waals surface area contributed by atoms with E-state index in [1.165, 1.54) is 98.7 Å². The summed E-state index contributed by atoms with van der Waals surface area (Å²) in [5.41, 5.74) is 12.3. The molecule has 0 heteroatoms. The summed E-state index contributed by atoms with van der Waals surface area (Å²) >= 11 is 0. The molecule has 0 aliphatic heterocycles. The zero-order valence-electron chi connectivity index (χ0n) is 28.6. The molecular weight excluding hydrogens is 625 g/mol. The minimum Gasteiger partial charge on any atom is -0.0622 e. The highest BCUT2D eigenvalue weighted by Gasteiger charge is 2.20. The van der Waals surface area contributed by atoms with Crippen molar-refractivity contribution >= 4 is 43.1 Å². The maximum Gasteiger partial charge on any atom is -0.00141 e. The van der Waals surface area contributed by atoms with E-state index in [-0.39, 0.29) is 0 Å². The molecule has 10 aromatic rings. The van der Waals surface area contributed by atoms with Gasteiger partial charge in [-0.2, -0.15) is 0 Å². The summed E-state index contributed by atoms with van der Waals surface area (Å²) in [6.07, 6.45) is 0. The van der Waals surface area contributed by atoms with Crippen molar-refractivity contribution in [2.45, 2.75) is 0 Å². The van der Waals surface area contributed by atoms with E-state index in [0.29, 0.717) is 0 Å². The molecule has 0 nitrogen and oxygen atoms in total. The van der Waals surface area contributed by atoms with Crippen LogP contribution in [0.4, 0.5) is 0 Å². The van der Waals surface area contributed by atoms with Gasteiger partial charge in [0.2, 0.25) is 0 Å². The first-order chi connectivity index (χ1) is 25.8. The molecule has 52 heavy (non-hydrogen) atoms. The third-order valence-corrected chi connectivity index (χ3v) is 10.7. The van der Waals surface area contributed by atoms with Crippen LogP contribution in [-0.4, -0.2) is 0 Å². The molecule has 0 aromatic heterocycles. The minimum absolute atomic E-state index is 1.21. The molecule has 0 radical (unpaired) electrons. The quantitative estimate of drug-likeness (QED) is 0.128. The summed E-state index contributed by atoms with van der Waals surface area (Å²) in [5, 5.41) is 10.1. The number of rotatable bonds is 5. The van der Waals surface area contributed by atoms with E-state index in [4.69, 9.17) is 0 Å². The average molecular weight is 659 g/mol. The van der Waals surface area contributed by atoms with Gasteiger partial charge in [-0.1, -0.05) is 194 Å². The van der Waals surface area contributed by atoms with Crippen LogP contribution in [0.1, 0.15) is 0 Å². The van der Waals surface area contributed by atoms with Gasteiger partial charge in [0.25, 0.3) is 0 Å². The summed E-state index contributed by atoms with van der Waals surface area (Å²) in [6.45, 7) is 0. The van der Waals surface area contributed by atoms with Gasteiger partial charge in [-0.05, 0) is 111 Å². The van der Waals surface area contributed by atoms with Crippen LogP contribution in [0.15, 0.2) is 206 Å². The lowest BCUT2D eigenvalue weighted by atomic mass is 9.82. The number of hydrogen-bond acceptors (Lipinski definition) is 0. The van der Waals surface area contributed by atoms with Gasteiger partial charge in [0.1, 0.15) is 0 Å². The molecule has 0 spiro atoms. The van der Waals surface area contributed by atoms with E-state index in [1.807, 2.05) is 0 Å². The van der Waals surface area contributed by atoms with Crippen LogP contribution in [0.3, 0.4) is 0 Å². The largest absolute Gasteiger partial charge is 0.0622 e. The zero-order chi connectivity index (χ0) is 34.4. The molecule has 10 aromatic carbocycles. The first-order valence-corrected chi connectivity index (χ1v) is 18.0. The van der Waals surface area contributed by atoms with Crippen molar-refractivity contribution in [1.29, 1.82) is 0 Å². The molecule has 0 aliphatic carbocycles. The van der Waals surface area contributed by atoms with E-state index < -0.39 is 0 Å². The standard InChI is InChI=1S/C52H34/c1-3-11-35(12-4-1)38-19-24-41(25-20-38)50-47-31-30-45(44-28-23-37-15-7-8-17-43(37)33-44)34-49(47)51(52-46-18-10-9-16-40(46)29-32-48(50)52)42-26-21-39(22-27-42)36-13-5-2-6-14-36/h1-34H. The SMILES string of the molecule is c1ccc(-c2ccc(-c3c4ccc(-c5ccc6ccccc6c5)cc4c(-c4ccc(-c5ccccc5)cc4)c4c3ccc3ccccc34)cc2)cc1. The Kier molecular flexibility index (Phi) is 7.25. The van der Waals surface area contributed by atoms with Gasteiger partial charge in [0.15, 0.2) is 0 Å². The Morgan fingerprint density at radius 3 is 1.31 bits per heavy atom. The zero-order valence-corrected chi connectivity index (χ0v) is 28.6. The Morgan fingerprint density at radius 2 is 0.635 bits per heavy atom. The molecule has 0 saturated carbocycles. The molecule has 0 bridgehead atoms. The Bertz CT molecular complexity index is 2900. The fourth-order valence-electron chi connectivity index (χ4n) is 8.08. The summed E-state index contributed by atoms with van der Waals surface area (Å²) in [4.78, 5) is 0. The van der Waals surface area contributed by atoms with E-state index in [2.05, 4.69) is 206 Å². The Hall–Kier alpha value is -6.76. The van der Waals surface area contributed by atoms with Gasteiger partial charge in [-0.25, -0.2) is 0 Å². The van der Waals surface area contributed by atoms with Crippen LogP contribution >= 0.6 is 0 Å². The summed E-state index contributed by atoms with van der Waals surface area (Å²) in [7, 11) is 0. The van der Waals surface area contributed by atoms with Gasteiger partial charge in [-0.15, -0.1) is 0 Å². The summed E-state index contributed by atoms with van der Waals surface area (Å²) in [6, 6.07) is 75.6. The maximum atomic E-state index is 2.43. The van der Waals surface area contributed by atoms with Gasteiger partial charge in [-0.3, -0.25) is 0 Å². The number of benzene rings is 10. The molecule has 0 N–H and O–H groups in total. The Balaban J connectivity index is 1.29. The van der Waals surface area contributed by atoms with Crippen molar-refractivity contribution in [3.05, 3.63) is 206 Å². The normalized spacial score (nSPS) is 11.5. The van der Waals surface area contributed by atoms with Crippen LogP contribution < -0.4 is 0 Å². The highest BCUT2D eigenvalue weighted by Crippen LogP contribution is 2.47. The predicted octanol–water partition coefficient (Wildman–Crippen LogP) is 14.6. The van der Waals surface area contributed by atoms with Crippen molar-refractivity contribution in [2.75, 3.05) is 0 Å². The van der Waals surface area contributed by atoms with Gasteiger partial charge in [0.05, 0.1) is 0 Å². The Morgan fingerprint density at radius 1 is 0.192 bits per heavy atom. The minimum atomic E-state index is 1.21. The van der Waals surface area contributed by atoms with E-state index in [9.17, 15) is 0 Å². The fourth-order valence-corrected chi connectivity index (χ4v) is 8.08. The van der Waals surface area contributed by atoms with Crippen molar-refractivity contribution < 1.29 is 0 Å². The van der Waals surface area contributed by atoms with Gasteiger partial charge in [0, 0.05) is 0 Å². The second kappa shape index (κ2) is 12.5. The van der Waals surface area contributed by atoms with Crippen LogP contribution in [0, 0.1) is 0 Å². The maximum absolute atomic E-state index is 2.43. The molecule has 0 aliphatic rings. The molecule has 0 fully saturated rings. The molecule has 0 amide bonds. The van der Waals surface area contributed by atoms with Crippen molar-refractivity contribution in [3.8, 4) is 55.6 Å². The molecule has 0 heterocycles. The second-order valence-corrected chi connectivity index (χ2v) is 13.7. The first kappa shape index (κ1) is 30.1. The monoisotopic (exact) mass is 658 g/mol. The van der Waals surface area contributed by atoms with Gasteiger partial charge < -0.3 is 0 Å². The summed E-state index contributed by atoms with van der Waals surface area (Å²) in [5.74, 6) is 0. The fraction of sp³-hybridized carbons (Fsp3) is 0. The van der Waals surface area contributed by atoms with Crippen molar-refractivity contribution in [1.82, 2.24) is 0 Å². The van der Waals surface area contributed by atoms with E-state index in [0.717, 1.165) is 0 Å². The third kappa shape index (κ3) is 5.16. The number of hydrogen-bond donors (Lipinski definition) is 0. The van der Waals surface area contributed by atoms with Crippen LogP contribution in [0.5, 0.6) is 0 Å². The van der Waals surface area contributed by atoms with Crippen LogP contribution in [-0.2, 0) is 0 Å². The lowest BCUT2D eigenvalue weighted by molar-refractivity contribution is 1.60. The molecular formula is C52H34. The lowest BCUT2D eigenvalue weighted by Crippen LogP contribution is -1.93. The van der Waals surface area contributed by atoms with Gasteiger partial charge >= 0.3 is 0 Å². The molecule has 0 saturated heterocycles. The highest BCUT2D eigenvalue weighted by atomic mass is 14.2. The van der Waals surface area contributed by atoms with E-state index >= 15 is 0 Å². The van der Waals surface area contributed by atoms with Crippen LogP contribution in [0.2, 0.25) is 0 Å². The van der Waals surface area contributed by atoms with Crippen LogP contribution in [0.25, 0.3) is 98.7 Å². The van der Waals surface area contributed by atoms with E-state index in [1.54, 1.807) is 0 Å². The molecule has 10 rings (SSSR count). The Labute approximate surface area is 303 Å². The third-order valence-electron chi connectivity index (χ3n) is 10.7. The smallest absolute Gasteiger partial charge is 0.00141 e. The van der Waals surface area contributed by atoms with Crippen molar-refractivity contribution in [2.24, 2.45) is 0 Å². The molecule has 0 unspecified atom stereocenters. The number of fused-ring (bicyclic) bond motifs is 5. The molecule has 0 atom stereocenters. The van der Waals surface area contributed by atoms with Crippen molar-refractivity contribution in [3.63, 3.8) is 0 Å². The predicted molar refractivity (Wildman–Crippen MR) is 224 cm³/mol. The first-order valence-electron chi connectivity index (χ1n) is 18.0. The average Bonchev–Trinajstić information content (AvgIpc) is 3.23. The summed E-state index contributed by atoms with van der Waals surface area (Å²) < 4.78 is 0. The lowest BCUT2D eigenvalue weighted by Gasteiger charge is -2.20. The topological polar surface area (TPSA) is 0 Å². The molecule has 242 valence electrons. The second-order valence-electron chi connectivity index (χ2n) is 13.7.